The summed E-state index contributed by atoms with van der Waals surface area (Å²) in [5, 5.41) is 10.9. The van der Waals surface area contributed by atoms with Gasteiger partial charge in [-0.3, -0.25) is 14.9 Å². The minimum absolute atomic E-state index is 0.0556. The van der Waals surface area contributed by atoms with Crippen LogP contribution < -0.4 is 4.90 Å². The average Bonchev–Trinajstić information content (AvgIpc) is 2.83. The lowest BCUT2D eigenvalue weighted by atomic mass is 10.1. The molecule has 0 aliphatic rings. The Hall–Kier alpha value is -3.22. The van der Waals surface area contributed by atoms with Gasteiger partial charge in [-0.15, -0.1) is 0 Å². The Labute approximate surface area is 195 Å². The van der Waals surface area contributed by atoms with Crippen LogP contribution in [0.3, 0.4) is 0 Å². The Balaban J connectivity index is 2.09. The molecule has 0 aliphatic heterocycles. The van der Waals surface area contributed by atoms with Crippen LogP contribution in [-0.4, -0.2) is 30.0 Å². The lowest BCUT2D eigenvalue weighted by Gasteiger charge is -2.23. The smallest absolute Gasteiger partial charge is 0.338 e. The van der Waals surface area contributed by atoms with Crippen LogP contribution in [0.25, 0.3) is 0 Å². The van der Waals surface area contributed by atoms with Crippen molar-refractivity contribution in [3.05, 3.63) is 69.8 Å². The van der Waals surface area contributed by atoms with E-state index in [4.69, 9.17) is 4.74 Å². The number of benzene rings is 2. The van der Waals surface area contributed by atoms with Crippen LogP contribution in [0.15, 0.2) is 48.5 Å². The quantitative estimate of drug-likeness (QED) is 0.140. The highest BCUT2D eigenvalue weighted by Crippen LogP contribution is 2.22. The molecule has 1 amide bonds. The van der Waals surface area contributed by atoms with Gasteiger partial charge in [-0.2, -0.15) is 0 Å². The second kappa shape index (κ2) is 14.0. The number of hydrogen-bond acceptors (Lipinski definition) is 5. The number of hydrogen-bond donors (Lipinski definition) is 0. The lowest BCUT2D eigenvalue weighted by molar-refractivity contribution is -0.384. The molecule has 0 fully saturated rings. The van der Waals surface area contributed by atoms with E-state index >= 15 is 0 Å². The zero-order valence-electron chi connectivity index (χ0n) is 19.6. The third-order valence-corrected chi connectivity index (χ3v) is 5.50. The van der Waals surface area contributed by atoms with Crippen molar-refractivity contribution in [2.45, 2.75) is 65.2 Å². The van der Waals surface area contributed by atoms with Gasteiger partial charge in [0.2, 0.25) is 0 Å². The molecule has 0 unspecified atom stereocenters. The molecule has 0 saturated heterocycles. The number of esters is 1. The molecule has 7 heteroatoms. The Bertz CT molecular complexity index is 894. The molecule has 0 aromatic heterocycles. The van der Waals surface area contributed by atoms with Crippen LogP contribution in [0, 0.1) is 10.1 Å². The largest absolute Gasteiger partial charge is 0.462 e. The number of nitrogens with zero attached hydrogens (tertiary/aromatic N) is 2. The van der Waals surface area contributed by atoms with Crippen LogP contribution in [0.5, 0.6) is 0 Å². The van der Waals surface area contributed by atoms with Crippen molar-refractivity contribution >= 4 is 23.3 Å². The second-order valence-corrected chi connectivity index (χ2v) is 8.00. The summed E-state index contributed by atoms with van der Waals surface area (Å²) in [6.45, 7) is 4.78. The number of nitro benzene ring substituents is 1. The standard InChI is InChI=1S/C26H34N2O5/c1-3-5-6-7-8-9-10-11-20-27(23-16-14-22(15-17-23)26(30)33-4-2)25(29)21-12-18-24(19-13-21)28(31)32/h12-19H,3-11,20H2,1-2H3. The van der Waals surface area contributed by atoms with Gasteiger partial charge in [-0.1, -0.05) is 51.9 Å². The first-order valence-corrected chi connectivity index (χ1v) is 11.8. The molecule has 0 aliphatic carbocycles. The fraction of sp³-hybridized carbons (Fsp3) is 0.462. The van der Waals surface area contributed by atoms with Crippen LogP contribution >= 0.6 is 0 Å². The van der Waals surface area contributed by atoms with Gasteiger partial charge >= 0.3 is 5.97 Å². The topological polar surface area (TPSA) is 89.8 Å². The summed E-state index contributed by atoms with van der Waals surface area (Å²) in [5.74, 6) is -0.628. The Morgan fingerprint density at radius 1 is 0.818 bits per heavy atom. The third-order valence-electron chi connectivity index (χ3n) is 5.50. The highest BCUT2D eigenvalue weighted by atomic mass is 16.6. The summed E-state index contributed by atoms with van der Waals surface area (Å²) in [7, 11) is 0. The molecule has 2 aromatic carbocycles. The highest BCUT2D eigenvalue weighted by Gasteiger charge is 2.19. The van der Waals surface area contributed by atoms with Crippen LogP contribution in [0.1, 0.15) is 85.9 Å². The molecular formula is C26H34N2O5. The molecule has 0 saturated carbocycles. The monoisotopic (exact) mass is 454 g/mol. The van der Waals surface area contributed by atoms with E-state index in [1.807, 2.05) is 0 Å². The van der Waals surface area contributed by atoms with Crippen molar-refractivity contribution in [1.29, 1.82) is 0 Å². The Morgan fingerprint density at radius 3 is 1.91 bits per heavy atom. The van der Waals surface area contributed by atoms with E-state index in [1.54, 1.807) is 36.1 Å². The second-order valence-electron chi connectivity index (χ2n) is 8.00. The number of carbonyl (C=O) groups is 2. The minimum atomic E-state index is -0.485. The van der Waals surface area contributed by atoms with E-state index in [9.17, 15) is 19.7 Å². The zero-order valence-corrected chi connectivity index (χ0v) is 19.6. The van der Waals surface area contributed by atoms with Gasteiger partial charge in [0, 0.05) is 29.9 Å². The van der Waals surface area contributed by atoms with Crippen molar-refractivity contribution in [3.63, 3.8) is 0 Å². The molecular weight excluding hydrogens is 420 g/mol. The summed E-state index contributed by atoms with van der Waals surface area (Å²) >= 11 is 0. The molecule has 0 atom stereocenters. The van der Waals surface area contributed by atoms with Crippen LogP contribution in [0.4, 0.5) is 11.4 Å². The van der Waals surface area contributed by atoms with Crippen molar-refractivity contribution in [2.24, 2.45) is 0 Å². The lowest BCUT2D eigenvalue weighted by Crippen LogP contribution is -2.32. The summed E-state index contributed by atoms with van der Waals surface area (Å²) < 4.78 is 5.03. The predicted molar refractivity (Wildman–Crippen MR) is 130 cm³/mol. The highest BCUT2D eigenvalue weighted by molar-refractivity contribution is 6.06. The zero-order chi connectivity index (χ0) is 24.1. The van der Waals surface area contributed by atoms with Gasteiger partial charge in [0.15, 0.2) is 0 Å². The van der Waals surface area contributed by atoms with Gasteiger partial charge in [-0.25, -0.2) is 4.79 Å². The molecule has 0 radical (unpaired) electrons. The SMILES string of the molecule is CCCCCCCCCCN(C(=O)c1ccc([N+](=O)[O-])cc1)c1ccc(C(=O)OCC)cc1. The fourth-order valence-corrected chi connectivity index (χ4v) is 3.63. The molecule has 0 heterocycles. The van der Waals surface area contributed by atoms with Gasteiger partial charge in [0.05, 0.1) is 17.1 Å². The maximum absolute atomic E-state index is 13.3. The van der Waals surface area contributed by atoms with Gasteiger partial charge in [-0.05, 0) is 49.7 Å². The number of nitro groups is 1. The first-order chi connectivity index (χ1) is 16.0. The molecule has 0 N–H and O–H groups in total. The number of carbonyl (C=O) groups excluding carboxylic acids is 2. The van der Waals surface area contributed by atoms with Crippen LogP contribution in [0.2, 0.25) is 0 Å². The summed E-state index contributed by atoms with van der Waals surface area (Å²) in [4.78, 5) is 37.3. The Kier molecular flexibility index (Phi) is 11.1. The number of rotatable bonds is 14. The van der Waals surface area contributed by atoms with Crippen molar-refractivity contribution in [3.8, 4) is 0 Å². The predicted octanol–water partition coefficient (Wildman–Crippen LogP) is 6.56. The van der Waals surface area contributed by atoms with Gasteiger partial charge < -0.3 is 9.64 Å². The molecule has 0 bridgehead atoms. The van der Waals surface area contributed by atoms with E-state index in [0.717, 1.165) is 19.3 Å². The number of unbranched alkanes of at least 4 members (excludes halogenated alkanes) is 7. The van der Waals surface area contributed by atoms with Gasteiger partial charge in [0.25, 0.3) is 11.6 Å². The molecule has 178 valence electrons. The van der Waals surface area contributed by atoms with Crippen LogP contribution in [-0.2, 0) is 4.74 Å². The van der Waals surface area contributed by atoms with Crippen molar-refractivity contribution in [2.75, 3.05) is 18.1 Å². The number of anilines is 1. The summed E-state index contributed by atoms with van der Waals surface area (Å²) in [6.07, 6.45) is 9.23. The molecule has 2 rings (SSSR count). The van der Waals surface area contributed by atoms with E-state index in [0.29, 0.717) is 30.0 Å². The van der Waals surface area contributed by atoms with Crippen molar-refractivity contribution < 1.29 is 19.2 Å². The van der Waals surface area contributed by atoms with Crippen molar-refractivity contribution in [1.82, 2.24) is 0 Å². The normalized spacial score (nSPS) is 10.6. The van der Waals surface area contributed by atoms with Gasteiger partial charge in [0.1, 0.15) is 0 Å². The first kappa shape index (κ1) is 26.0. The first-order valence-electron chi connectivity index (χ1n) is 11.8. The average molecular weight is 455 g/mol. The number of ether oxygens (including phenoxy) is 1. The molecule has 2 aromatic rings. The number of non-ortho nitro benzene ring substituents is 1. The summed E-state index contributed by atoms with van der Waals surface area (Å²) in [6, 6.07) is 12.4. The summed E-state index contributed by atoms with van der Waals surface area (Å²) in [5.41, 5.74) is 1.43. The van der Waals surface area contributed by atoms with E-state index in [2.05, 4.69) is 6.92 Å². The third kappa shape index (κ3) is 8.33. The van der Waals surface area contributed by atoms with E-state index in [-0.39, 0.29) is 11.6 Å². The minimum Gasteiger partial charge on any atom is -0.462 e. The Morgan fingerprint density at radius 2 is 1.36 bits per heavy atom. The fourth-order valence-electron chi connectivity index (χ4n) is 3.63. The molecule has 7 nitrogen and oxygen atoms in total. The maximum atomic E-state index is 13.3. The maximum Gasteiger partial charge on any atom is 0.338 e. The molecule has 0 spiro atoms. The molecule has 33 heavy (non-hydrogen) atoms. The van der Waals surface area contributed by atoms with E-state index < -0.39 is 10.9 Å². The van der Waals surface area contributed by atoms with E-state index in [1.165, 1.54) is 56.4 Å². The number of amides is 1.